The average Bonchev–Trinajstić information content (AvgIpc) is 2.42. The van der Waals surface area contributed by atoms with Crippen LogP contribution in [0.1, 0.15) is 11.1 Å². The van der Waals surface area contributed by atoms with Gasteiger partial charge in [0.25, 0.3) is 0 Å². The Kier molecular flexibility index (Phi) is 3.85. The van der Waals surface area contributed by atoms with Crippen molar-refractivity contribution >= 4 is 15.9 Å². The number of nitrogens with zero attached hydrogens (tertiary/aromatic N) is 3. The summed E-state index contributed by atoms with van der Waals surface area (Å²) in [6, 6.07) is 5.83. The molecule has 90 valence electrons. The molecular weight excluding hydrogens is 301 g/mol. The Bertz CT molecular complexity index is 595. The van der Waals surface area contributed by atoms with E-state index in [1.54, 1.807) is 12.4 Å². The molecule has 4 nitrogen and oxygen atoms in total. The second-order valence-electron chi connectivity index (χ2n) is 3.37. The van der Waals surface area contributed by atoms with Crippen LogP contribution in [-0.2, 0) is 5.33 Å². The van der Waals surface area contributed by atoms with E-state index >= 15 is 0 Å². The number of ether oxygens (including phenoxy) is 1. The lowest BCUT2D eigenvalue weighted by Crippen LogP contribution is -1.95. The molecule has 0 bridgehead atoms. The topological polar surface area (TPSA) is 58.8 Å². The number of alkyl halides is 1. The maximum Gasteiger partial charge on any atom is 0.321 e. The molecule has 0 amide bonds. The summed E-state index contributed by atoms with van der Waals surface area (Å²) >= 11 is 3.26. The molecule has 0 unspecified atom stereocenters. The third-order valence-corrected chi connectivity index (χ3v) is 2.75. The van der Waals surface area contributed by atoms with Crippen LogP contribution < -0.4 is 4.74 Å². The molecular formula is C12H7BrFN3O. The molecule has 0 N–H and O–H groups in total. The van der Waals surface area contributed by atoms with Gasteiger partial charge >= 0.3 is 6.01 Å². The van der Waals surface area contributed by atoms with Crippen molar-refractivity contribution in [2.24, 2.45) is 0 Å². The Hall–Kier alpha value is -2.00. The van der Waals surface area contributed by atoms with Crippen molar-refractivity contribution in [2.45, 2.75) is 5.33 Å². The molecule has 1 aromatic heterocycles. The molecule has 6 heteroatoms. The fourth-order valence-corrected chi connectivity index (χ4v) is 1.51. The van der Waals surface area contributed by atoms with Crippen LogP contribution in [0.5, 0.6) is 11.8 Å². The van der Waals surface area contributed by atoms with Crippen LogP contribution in [0, 0.1) is 17.1 Å². The number of rotatable bonds is 3. The van der Waals surface area contributed by atoms with Crippen molar-refractivity contribution in [3.05, 3.63) is 47.5 Å². The van der Waals surface area contributed by atoms with Gasteiger partial charge in [0.2, 0.25) is 0 Å². The predicted octanol–water partition coefficient (Wildman–Crippen LogP) is 3.17. The summed E-state index contributed by atoms with van der Waals surface area (Å²) < 4.78 is 18.7. The maximum atomic E-state index is 13.5. The largest absolute Gasteiger partial charge is 0.421 e. The summed E-state index contributed by atoms with van der Waals surface area (Å²) in [5.74, 6) is -0.636. The van der Waals surface area contributed by atoms with E-state index in [9.17, 15) is 4.39 Å². The van der Waals surface area contributed by atoms with Gasteiger partial charge in [0.05, 0.1) is 11.6 Å². The van der Waals surface area contributed by atoms with Gasteiger partial charge in [0, 0.05) is 17.7 Å². The molecule has 0 fully saturated rings. The van der Waals surface area contributed by atoms with Crippen LogP contribution in [0.25, 0.3) is 0 Å². The van der Waals surface area contributed by atoms with Crippen molar-refractivity contribution in [3.8, 4) is 17.8 Å². The number of aromatic nitrogens is 2. The first kappa shape index (κ1) is 12.5. The number of hydrogen-bond donors (Lipinski definition) is 0. The molecule has 2 rings (SSSR count). The molecule has 1 heterocycles. The van der Waals surface area contributed by atoms with Gasteiger partial charge in [-0.15, -0.1) is 0 Å². The van der Waals surface area contributed by atoms with Crippen molar-refractivity contribution < 1.29 is 9.13 Å². The quantitative estimate of drug-likeness (QED) is 0.817. The number of hydrogen-bond acceptors (Lipinski definition) is 4. The highest BCUT2D eigenvalue weighted by molar-refractivity contribution is 9.08. The fraction of sp³-hybridized carbons (Fsp3) is 0.0833. The first-order valence-corrected chi connectivity index (χ1v) is 6.09. The standard InChI is InChI=1S/C12H7BrFN3O/c13-4-9-6-16-12(17-7-9)18-11-2-1-8(5-15)3-10(11)14/h1-3,6-7H,4H2. The van der Waals surface area contributed by atoms with Gasteiger partial charge in [0.15, 0.2) is 11.6 Å². The minimum atomic E-state index is -0.623. The minimum absolute atomic E-state index is 0.0133. The number of benzene rings is 1. The third kappa shape index (κ3) is 2.81. The van der Waals surface area contributed by atoms with E-state index in [1.807, 2.05) is 6.07 Å². The maximum absolute atomic E-state index is 13.5. The van der Waals surface area contributed by atoms with Gasteiger partial charge in [-0.25, -0.2) is 14.4 Å². The summed E-state index contributed by atoms with van der Waals surface area (Å²) in [5.41, 5.74) is 1.12. The molecule has 1 aromatic carbocycles. The summed E-state index contributed by atoms with van der Waals surface area (Å²) in [4.78, 5) is 7.87. The van der Waals surface area contributed by atoms with Gasteiger partial charge in [-0.2, -0.15) is 5.26 Å². The van der Waals surface area contributed by atoms with Crippen LogP contribution in [-0.4, -0.2) is 9.97 Å². The van der Waals surface area contributed by atoms with Crippen LogP contribution in [0.2, 0.25) is 0 Å². The van der Waals surface area contributed by atoms with Gasteiger partial charge < -0.3 is 4.74 Å². The molecule has 0 saturated carbocycles. The Morgan fingerprint density at radius 3 is 2.61 bits per heavy atom. The highest BCUT2D eigenvalue weighted by Crippen LogP contribution is 2.22. The fourth-order valence-electron chi connectivity index (χ4n) is 1.22. The van der Waals surface area contributed by atoms with E-state index in [-0.39, 0.29) is 17.3 Å². The van der Waals surface area contributed by atoms with Gasteiger partial charge in [-0.3, -0.25) is 0 Å². The first-order chi connectivity index (χ1) is 8.72. The molecule has 0 aliphatic rings. The Labute approximate surface area is 111 Å². The van der Waals surface area contributed by atoms with Crippen LogP contribution in [0.3, 0.4) is 0 Å². The zero-order chi connectivity index (χ0) is 13.0. The highest BCUT2D eigenvalue weighted by Gasteiger charge is 2.07. The van der Waals surface area contributed by atoms with E-state index in [4.69, 9.17) is 10.00 Å². The van der Waals surface area contributed by atoms with Crippen molar-refractivity contribution in [3.63, 3.8) is 0 Å². The minimum Gasteiger partial charge on any atom is -0.421 e. The van der Waals surface area contributed by atoms with Gasteiger partial charge in [-0.05, 0) is 23.8 Å². The molecule has 0 aliphatic carbocycles. The predicted molar refractivity (Wildman–Crippen MR) is 65.9 cm³/mol. The summed E-state index contributed by atoms with van der Waals surface area (Å²) in [5, 5.41) is 9.25. The van der Waals surface area contributed by atoms with Crippen molar-refractivity contribution in [1.29, 1.82) is 5.26 Å². The number of halogens is 2. The second-order valence-corrected chi connectivity index (χ2v) is 3.93. The molecule has 18 heavy (non-hydrogen) atoms. The number of nitriles is 1. The molecule has 2 aromatic rings. The molecule has 0 radical (unpaired) electrons. The summed E-state index contributed by atoms with van der Waals surface area (Å²) in [6.07, 6.45) is 3.16. The van der Waals surface area contributed by atoms with Gasteiger partial charge in [0.1, 0.15) is 0 Å². The zero-order valence-electron chi connectivity index (χ0n) is 9.10. The SMILES string of the molecule is N#Cc1ccc(Oc2ncc(CBr)cn2)c(F)c1. The van der Waals surface area contributed by atoms with Crippen molar-refractivity contribution in [1.82, 2.24) is 9.97 Å². The van der Waals surface area contributed by atoms with E-state index in [1.165, 1.54) is 12.1 Å². The highest BCUT2D eigenvalue weighted by atomic mass is 79.9. The lowest BCUT2D eigenvalue weighted by molar-refractivity contribution is 0.410. The second kappa shape index (κ2) is 5.56. The Morgan fingerprint density at radius 1 is 1.33 bits per heavy atom. The summed E-state index contributed by atoms with van der Waals surface area (Å²) in [6.45, 7) is 0. The van der Waals surface area contributed by atoms with Crippen molar-refractivity contribution in [2.75, 3.05) is 0 Å². The lowest BCUT2D eigenvalue weighted by atomic mass is 10.2. The normalized spacial score (nSPS) is 9.83. The Morgan fingerprint density at radius 2 is 2.06 bits per heavy atom. The molecule has 0 atom stereocenters. The molecule has 0 saturated heterocycles. The van der Waals surface area contributed by atoms with E-state index < -0.39 is 5.82 Å². The third-order valence-electron chi connectivity index (χ3n) is 2.10. The molecule has 0 aliphatic heterocycles. The molecule has 0 spiro atoms. The van der Waals surface area contributed by atoms with E-state index in [0.717, 1.165) is 11.6 Å². The summed E-state index contributed by atoms with van der Waals surface area (Å²) in [7, 11) is 0. The monoisotopic (exact) mass is 307 g/mol. The Balaban J connectivity index is 2.20. The van der Waals surface area contributed by atoms with E-state index in [0.29, 0.717) is 5.33 Å². The van der Waals surface area contributed by atoms with Crippen LogP contribution in [0.15, 0.2) is 30.6 Å². The first-order valence-electron chi connectivity index (χ1n) is 4.97. The average molecular weight is 308 g/mol. The van der Waals surface area contributed by atoms with E-state index in [2.05, 4.69) is 25.9 Å². The van der Waals surface area contributed by atoms with Crippen LogP contribution in [0.4, 0.5) is 4.39 Å². The van der Waals surface area contributed by atoms with Gasteiger partial charge in [-0.1, -0.05) is 15.9 Å². The lowest BCUT2D eigenvalue weighted by Gasteiger charge is -2.05. The zero-order valence-corrected chi connectivity index (χ0v) is 10.7. The smallest absolute Gasteiger partial charge is 0.321 e. The van der Waals surface area contributed by atoms with Crippen LogP contribution >= 0.6 is 15.9 Å².